The summed E-state index contributed by atoms with van der Waals surface area (Å²) in [7, 11) is 0. The van der Waals surface area contributed by atoms with Crippen molar-refractivity contribution in [3.05, 3.63) is 35.9 Å². The van der Waals surface area contributed by atoms with Crippen LogP contribution in [0.1, 0.15) is 5.56 Å². The average molecular weight is 227 g/mol. The molecule has 0 saturated carbocycles. The van der Waals surface area contributed by atoms with Crippen LogP contribution in [-0.4, -0.2) is 24.6 Å². The molecule has 0 radical (unpaired) electrons. The van der Waals surface area contributed by atoms with Gasteiger partial charge < -0.3 is 10.6 Å². The standard InChI is InChI=1S/C14H17N3/c1-10-6-12-4-2-3-5-13(12)16-14(10)17-8-11(7-15)9-17/h2-6,11H,7-9,15H2,1H3. The SMILES string of the molecule is Cc1cc2ccccc2nc1N1CC(CN)C1. The minimum Gasteiger partial charge on any atom is -0.356 e. The summed E-state index contributed by atoms with van der Waals surface area (Å²) in [5, 5.41) is 1.21. The normalized spacial score (nSPS) is 16.2. The first-order chi connectivity index (χ1) is 8.28. The molecule has 0 atom stereocenters. The monoisotopic (exact) mass is 227 g/mol. The molecular weight excluding hydrogens is 210 g/mol. The lowest BCUT2D eigenvalue weighted by molar-refractivity contribution is 0.417. The van der Waals surface area contributed by atoms with Crippen molar-refractivity contribution < 1.29 is 0 Å². The summed E-state index contributed by atoms with van der Waals surface area (Å²) < 4.78 is 0. The molecule has 0 unspecified atom stereocenters. The van der Waals surface area contributed by atoms with E-state index in [4.69, 9.17) is 10.7 Å². The average Bonchev–Trinajstić information content (AvgIpc) is 2.28. The van der Waals surface area contributed by atoms with Gasteiger partial charge in [0.15, 0.2) is 0 Å². The van der Waals surface area contributed by atoms with Crippen LogP contribution in [0.4, 0.5) is 5.82 Å². The minimum absolute atomic E-state index is 0.641. The first kappa shape index (κ1) is 10.5. The van der Waals surface area contributed by atoms with Gasteiger partial charge in [0, 0.05) is 24.4 Å². The summed E-state index contributed by atoms with van der Waals surface area (Å²) in [6, 6.07) is 10.5. The number of aryl methyl sites for hydroxylation is 1. The molecule has 3 heteroatoms. The Morgan fingerprint density at radius 1 is 1.35 bits per heavy atom. The van der Waals surface area contributed by atoms with E-state index in [1.165, 1.54) is 10.9 Å². The number of hydrogen-bond acceptors (Lipinski definition) is 3. The molecule has 88 valence electrons. The van der Waals surface area contributed by atoms with Crippen molar-refractivity contribution in [3.63, 3.8) is 0 Å². The number of aromatic nitrogens is 1. The Bertz CT molecular complexity index is 544. The molecule has 0 spiro atoms. The minimum atomic E-state index is 0.641. The van der Waals surface area contributed by atoms with Gasteiger partial charge in [0.05, 0.1) is 5.52 Å². The Morgan fingerprint density at radius 2 is 2.12 bits per heavy atom. The molecule has 0 bridgehead atoms. The number of fused-ring (bicyclic) bond motifs is 1. The molecule has 1 aliphatic heterocycles. The summed E-state index contributed by atoms with van der Waals surface area (Å²) in [6.45, 7) is 5.00. The van der Waals surface area contributed by atoms with E-state index in [-0.39, 0.29) is 0 Å². The van der Waals surface area contributed by atoms with Gasteiger partial charge in [-0.15, -0.1) is 0 Å². The lowest BCUT2D eigenvalue weighted by Gasteiger charge is -2.40. The van der Waals surface area contributed by atoms with Crippen molar-refractivity contribution in [1.82, 2.24) is 4.98 Å². The fourth-order valence-electron chi connectivity index (χ4n) is 2.42. The van der Waals surface area contributed by atoms with Gasteiger partial charge in [-0.3, -0.25) is 0 Å². The van der Waals surface area contributed by atoms with E-state index >= 15 is 0 Å². The number of anilines is 1. The number of hydrogen-bond donors (Lipinski definition) is 1. The Balaban J connectivity index is 1.97. The van der Waals surface area contributed by atoms with Gasteiger partial charge in [-0.25, -0.2) is 4.98 Å². The second-order valence-corrected chi connectivity index (χ2v) is 4.83. The van der Waals surface area contributed by atoms with Gasteiger partial charge in [0.2, 0.25) is 0 Å². The number of benzene rings is 1. The largest absolute Gasteiger partial charge is 0.356 e. The maximum Gasteiger partial charge on any atom is 0.132 e. The fraction of sp³-hybridized carbons (Fsp3) is 0.357. The van der Waals surface area contributed by atoms with Crippen molar-refractivity contribution in [2.24, 2.45) is 11.7 Å². The van der Waals surface area contributed by atoms with Gasteiger partial charge in [0.25, 0.3) is 0 Å². The predicted octanol–water partition coefficient (Wildman–Crippen LogP) is 1.94. The van der Waals surface area contributed by atoms with E-state index in [0.29, 0.717) is 5.92 Å². The van der Waals surface area contributed by atoms with Gasteiger partial charge in [-0.05, 0) is 31.2 Å². The van der Waals surface area contributed by atoms with E-state index in [0.717, 1.165) is 31.0 Å². The summed E-state index contributed by atoms with van der Waals surface area (Å²) in [4.78, 5) is 7.07. The summed E-state index contributed by atoms with van der Waals surface area (Å²) in [5.74, 6) is 1.76. The zero-order chi connectivity index (χ0) is 11.8. The lowest BCUT2D eigenvalue weighted by atomic mass is 9.99. The van der Waals surface area contributed by atoms with Crippen LogP contribution < -0.4 is 10.6 Å². The van der Waals surface area contributed by atoms with Crippen LogP contribution in [0.15, 0.2) is 30.3 Å². The van der Waals surface area contributed by atoms with Gasteiger partial charge >= 0.3 is 0 Å². The Kier molecular flexibility index (Phi) is 2.48. The highest BCUT2D eigenvalue weighted by Gasteiger charge is 2.27. The van der Waals surface area contributed by atoms with Crippen LogP contribution >= 0.6 is 0 Å². The van der Waals surface area contributed by atoms with Crippen molar-refractivity contribution in [1.29, 1.82) is 0 Å². The molecule has 0 amide bonds. The molecule has 1 saturated heterocycles. The number of para-hydroxylation sites is 1. The van der Waals surface area contributed by atoms with Crippen molar-refractivity contribution in [2.45, 2.75) is 6.92 Å². The van der Waals surface area contributed by atoms with Crippen LogP contribution in [0.2, 0.25) is 0 Å². The first-order valence-electron chi connectivity index (χ1n) is 6.09. The van der Waals surface area contributed by atoms with Crippen LogP contribution in [0, 0.1) is 12.8 Å². The molecule has 1 aliphatic rings. The molecule has 0 aliphatic carbocycles. The van der Waals surface area contributed by atoms with Crippen molar-refractivity contribution in [2.75, 3.05) is 24.5 Å². The highest BCUT2D eigenvalue weighted by Crippen LogP contribution is 2.27. The quantitative estimate of drug-likeness (QED) is 0.852. The second kappa shape index (κ2) is 4.00. The second-order valence-electron chi connectivity index (χ2n) is 4.83. The third-order valence-electron chi connectivity index (χ3n) is 3.48. The summed E-state index contributed by atoms with van der Waals surface area (Å²) in [5.41, 5.74) is 7.98. The van der Waals surface area contributed by atoms with E-state index in [1.54, 1.807) is 0 Å². The van der Waals surface area contributed by atoms with Crippen LogP contribution in [0.5, 0.6) is 0 Å². The zero-order valence-corrected chi connectivity index (χ0v) is 10.1. The van der Waals surface area contributed by atoms with Gasteiger partial charge in [0.1, 0.15) is 5.82 Å². The van der Waals surface area contributed by atoms with Crippen LogP contribution in [-0.2, 0) is 0 Å². The summed E-state index contributed by atoms with van der Waals surface area (Å²) >= 11 is 0. The maximum absolute atomic E-state index is 5.66. The Hall–Kier alpha value is -1.61. The Labute approximate surface area is 101 Å². The molecule has 1 aromatic carbocycles. The third-order valence-corrected chi connectivity index (χ3v) is 3.48. The van der Waals surface area contributed by atoms with E-state index in [2.05, 4.69) is 36.1 Å². The molecular formula is C14H17N3. The molecule has 2 aromatic rings. The Morgan fingerprint density at radius 3 is 2.88 bits per heavy atom. The predicted molar refractivity (Wildman–Crippen MR) is 71.2 cm³/mol. The lowest BCUT2D eigenvalue weighted by Crippen LogP contribution is -2.50. The van der Waals surface area contributed by atoms with Crippen molar-refractivity contribution >= 4 is 16.7 Å². The number of pyridine rings is 1. The molecule has 3 nitrogen and oxygen atoms in total. The summed E-state index contributed by atoms with van der Waals surface area (Å²) in [6.07, 6.45) is 0. The molecule has 2 heterocycles. The van der Waals surface area contributed by atoms with Gasteiger partial charge in [-0.1, -0.05) is 18.2 Å². The van der Waals surface area contributed by atoms with Crippen molar-refractivity contribution in [3.8, 4) is 0 Å². The zero-order valence-electron chi connectivity index (χ0n) is 10.1. The molecule has 1 fully saturated rings. The molecule has 3 rings (SSSR count). The number of nitrogens with zero attached hydrogens (tertiary/aromatic N) is 2. The highest BCUT2D eigenvalue weighted by atomic mass is 15.2. The van der Waals surface area contributed by atoms with E-state index in [1.807, 2.05) is 6.07 Å². The smallest absolute Gasteiger partial charge is 0.132 e. The third kappa shape index (κ3) is 1.76. The molecule has 2 N–H and O–H groups in total. The van der Waals surface area contributed by atoms with E-state index in [9.17, 15) is 0 Å². The topological polar surface area (TPSA) is 42.2 Å². The van der Waals surface area contributed by atoms with Gasteiger partial charge in [-0.2, -0.15) is 0 Å². The van der Waals surface area contributed by atoms with E-state index < -0.39 is 0 Å². The van der Waals surface area contributed by atoms with Crippen LogP contribution in [0.25, 0.3) is 10.9 Å². The highest BCUT2D eigenvalue weighted by molar-refractivity contribution is 5.81. The fourth-order valence-corrected chi connectivity index (χ4v) is 2.42. The number of rotatable bonds is 2. The maximum atomic E-state index is 5.66. The number of nitrogens with two attached hydrogens (primary N) is 1. The first-order valence-corrected chi connectivity index (χ1v) is 6.09. The van der Waals surface area contributed by atoms with Crippen LogP contribution in [0.3, 0.4) is 0 Å². The molecule has 1 aromatic heterocycles. The molecule has 17 heavy (non-hydrogen) atoms.